The molecule has 0 aromatic heterocycles. The summed E-state index contributed by atoms with van der Waals surface area (Å²) in [6.45, 7) is 30.4. The maximum Gasteiger partial charge on any atom is 0.0629 e. The van der Waals surface area contributed by atoms with E-state index in [-0.39, 0.29) is 0 Å². The Hall–Kier alpha value is -0.160. The molecule has 0 radical (unpaired) electrons. The van der Waals surface area contributed by atoms with Gasteiger partial charge in [0.05, 0.1) is 12.3 Å². The van der Waals surface area contributed by atoms with Gasteiger partial charge in [-0.25, -0.2) is 0 Å². The number of fused-ring (bicyclic) bond motifs is 1. The summed E-state index contributed by atoms with van der Waals surface area (Å²) in [7, 11) is 0. The van der Waals surface area contributed by atoms with Crippen LogP contribution >= 0.6 is 0 Å². The minimum absolute atomic E-state index is 0.583. The summed E-state index contributed by atoms with van der Waals surface area (Å²) in [6.07, 6.45) is 30.4. The predicted octanol–water partition coefficient (Wildman–Crippen LogP) is 12.9. The van der Waals surface area contributed by atoms with Crippen LogP contribution in [-0.2, 0) is 0 Å². The summed E-state index contributed by atoms with van der Waals surface area (Å²) >= 11 is 0. The molecule has 2 saturated heterocycles. The van der Waals surface area contributed by atoms with Crippen LogP contribution in [0.4, 0.5) is 0 Å². The van der Waals surface area contributed by atoms with Gasteiger partial charge in [-0.3, -0.25) is 20.4 Å². The quantitative estimate of drug-likeness (QED) is 0.145. The first kappa shape index (κ1) is 45.4. The summed E-state index contributed by atoms with van der Waals surface area (Å²) < 4.78 is 0. The molecule has 2 heterocycles. The maximum absolute atomic E-state index is 4.30. The fraction of sp³-hybridized carbons (Fsp3) is 1.00. The minimum Gasteiger partial charge on any atom is -0.297 e. The summed E-state index contributed by atoms with van der Waals surface area (Å²) in [5, 5.41) is 8.57. The molecule has 4 saturated carbocycles. The van der Waals surface area contributed by atoms with E-state index in [4.69, 9.17) is 0 Å². The van der Waals surface area contributed by atoms with Crippen LogP contribution in [-0.4, -0.2) is 60.4 Å². The third-order valence-electron chi connectivity index (χ3n) is 19.2. The summed E-state index contributed by atoms with van der Waals surface area (Å²) in [4.78, 5) is 5.64. The van der Waals surface area contributed by atoms with E-state index in [0.29, 0.717) is 24.4 Å². The van der Waals surface area contributed by atoms with Gasteiger partial charge in [-0.2, -0.15) is 0 Å². The van der Waals surface area contributed by atoms with Crippen molar-refractivity contribution < 1.29 is 0 Å². The molecule has 0 aromatic rings. The largest absolute Gasteiger partial charge is 0.297 e. The van der Waals surface area contributed by atoms with Crippen molar-refractivity contribution in [3.05, 3.63) is 0 Å². The lowest BCUT2D eigenvalue weighted by Crippen LogP contribution is -2.52. The van der Waals surface area contributed by atoms with Crippen molar-refractivity contribution in [1.82, 2.24) is 20.4 Å². The molecule has 15 unspecified atom stereocenters. The van der Waals surface area contributed by atoms with Gasteiger partial charge in [-0.1, -0.05) is 153 Å². The van der Waals surface area contributed by atoms with Crippen molar-refractivity contribution in [3.8, 4) is 0 Å². The minimum atomic E-state index is 0.583. The van der Waals surface area contributed by atoms with E-state index in [1.54, 1.807) is 12.8 Å². The highest BCUT2D eigenvalue weighted by molar-refractivity contribution is 5.03. The van der Waals surface area contributed by atoms with E-state index in [2.05, 4.69) is 89.7 Å². The molecule has 0 amide bonds. The molecule has 0 spiro atoms. The summed E-state index contributed by atoms with van der Waals surface area (Å²) in [6, 6.07) is 1.38. The van der Waals surface area contributed by atoms with Gasteiger partial charge in [0.1, 0.15) is 0 Å². The van der Waals surface area contributed by atoms with E-state index in [1.807, 2.05) is 0 Å². The molecular weight excluding hydrogens is 681 g/mol. The average Bonchev–Trinajstić information content (AvgIpc) is 3.89. The molecule has 2 N–H and O–H groups in total. The Labute approximate surface area is 350 Å². The third-order valence-corrected chi connectivity index (χ3v) is 19.2. The van der Waals surface area contributed by atoms with Crippen molar-refractivity contribution in [2.75, 3.05) is 26.2 Å². The van der Waals surface area contributed by atoms with Gasteiger partial charge in [-0.05, 0) is 141 Å². The molecule has 326 valence electrons. The van der Waals surface area contributed by atoms with Gasteiger partial charge in [0.15, 0.2) is 0 Å². The molecule has 0 bridgehead atoms. The normalized spacial score (nSPS) is 40.6. The lowest BCUT2D eigenvalue weighted by atomic mass is 9.47. The zero-order valence-corrected chi connectivity index (χ0v) is 39.3. The Bertz CT molecular complexity index is 1100. The fourth-order valence-corrected chi connectivity index (χ4v) is 15.6. The molecule has 6 fully saturated rings. The molecular formula is C52H98N4. The molecule has 15 atom stereocenters. The molecule has 4 aliphatic carbocycles. The number of likely N-dealkylation sites (N-methyl/N-ethyl adjacent to an activating group) is 2. The number of nitrogens with zero attached hydrogens (tertiary/aromatic N) is 2. The summed E-state index contributed by atoms with van der Waals surface area (Å²) in [5.74, 6) is 12.6. The Morgan fingerprint density at radius 2 is 1.18 bits per heavy atom. The highest BCUT2D eigenvalue weighted by Crippen LogP contribution is 2.60. The standard InChI is InChI=1S/C52H98N4/c1-11-16-22-35(6)38(9)51-54-48(34-56(51)15-5)41-29-31-42(32-30-41)50-44(13-3)43(12-2)49(45-25-20-21-26-46(45)50)37(8)28-27-36(7)47-33-55(14-4)52(53-47)39(10)40-23-18-17-19-24-40/h35-54H,11-34H2,1-10H3. The first-order chi connectivity index (χ1) is 27.1. The van der Waals surface area contributed by atoms with Crippen molar-refractivity contribution >= 4 is 0 Å². The van der Waals surface area contributed by atoms with Gasteiger partial charge in [0.2, 0.25) is 0 Å². The van der Waals surface area contributed by atoms with E-state index >= 15 is 0 Å². The fourth-order valence-electron chi connectivity index (χ4n) is 15.6. The van der Waals surface area contributed by atoms with Gasteiger partial charge in [0, 0.05) is 25.2 Å². The molecule has 4 heteroatoms. The van der Waals surface area contributed by atoms with E-state index in [9.17, 15) is 0 Å². The molecule has 2 aliphatic heterocycles. The molecule has 6 rings (SSSR count). The van der Waals surface area contributed by atoms with Crippen LogP contribution < -0.4 is 10.6 Å². The van der Waals surface area contributed by atoms with Crippen LogP contribution in [0.25, 0.3) is 0 Å². The summed E-state index contributed by atoms with van der Waals surface area (Å²) in [5.41, 5.74) is 0. The number of rotatable bonds is 18. The van der Waals surface area contributed by atoms with E-state index < -0.39 is 0 Å². The zero-order chi connectivity index (χ0) is 39.9. The SMILES string of the molecule is CCCCC(C)C(C)C1NC(C2CCC(C3C(CC)C(CC)C(C(C)CCC(C)C4CN(CC)C(C(C)C5CCCCC5)N4)C4CCCCC43)CC2)CN1CC. The topological polar surface area (TPSA) is 30.5 Å². The van der Waals surface area contributed by atoms with Crippen LogP contribution in [0.3, 0.4) is 0 Å². The highest BCUT2D eigenvalue weighted by Gasteiger charge is 2.53. The Balaban J connectivity index is 1.06. The number of hydrogen-bond donors (Lipinski definition) is 2. The van der Waals surface area contributed by atoms with Crippen LogP contribution in [0.2, 0.25) is 0 Å². The van der Waals surface area contributed by atoms with Crippen LogP contribution in [0.1, 0.15) is 198 Å². The monoisotopic (exact) mass is 779 g/mol. The number of nitrogens with one attached hydrogen (secondary N) is 2. The smallest absolute Gasteiger partial charge is 0.0629 e. The van der Waals surface area contributed by atoms with E-state index in [1.165, 1.54) is 142 Å². The van der Waals surface area contributed by atoms with Gasteiger partial charge in [0.25, 0.3) is 0 Å². The zero-order valence-electron chi connectivity index (χ0n) is 39.3. The Morgan fingerprint density at radius 1 is 0.571 bits per heavy atom. The van der Waals surface area contributed by atoms with Gasteiger partial charge < -0.3 is 0 Å². The first-order valence-corrected chi connectivity index (χ1v) is 26.1. The molecule has 56 heavy (non-hydrogen) atoms. The number of hydrogen-bond acceptors (Lipinski definition) is 4. The van der Waals surface area contributed by atoms with E-state index in [0.717, 1.165) is 82.9 Å². The number of unbranched alkanes of at least 4 members (excludes halogenated alkanes) is 1. The van der Waals surface area contributed by atoms with Gasteiger partial charge in [-0.15, -0.1) is 0 Å². The van der Waals surface area contributed by atoms with Crippen molar-refractivity contribution in [2.45, 2.75) is 222 Å². The van der Waals surface area contributed by atoms with Crippen LogP contribution in [0.15, 0.2) is 0 Å². The predicted molar refractivity (Wildman–Crippen MR) is 243 cm³/mol. The highest BCUT2D eigenvalue weighted by atomic mass is 15.4. The van der Waals surface area contributed by atoms with Crippen molar-refractivity contribution in [3.63, 3.8) is 0 Å². The third kappa shape index (κ3) is 10.1. The lowest BCUT2D eigenvalue weighted by Gasteiger charge is -2.58. The van der Waals surface area contributed by atoms with Crippen LogP contribution in [0, 0.1) is 82.9 Å². The van der Waals surface area contributed by atoms with Crippen molar-refractivity contribution in [1.29, 1.82) is 0 Å². The molecule has 0 aromatic carbocycles. The maximum atomic E-state index is 4.30. The van der Waals surface area contributed by atoms with Gasteiger partial charge >= 0.3 is 0 Å². The second-order valence-corrected chi connectivity index (χ2v) is 22.0. The lowest BCUT2D eigenvalue weighted by molar-refractivity contribution is -0.0964. The molecule has 6 aliphatic rings. The second-order valence-electron chi connectivity index (χ2n) is 22.0. The molecule has 4 nitrogen and oxygen atoms in total. The Kier molecular flexibility index (Phi) is 17.5. The second kappa shape index (κ2) is 21.6. The average molecular weight is 779 g/mol. The Morgan fingerprint density at radius 3 is 1.82 bits per heavy atom. The van der Waals surface area contributed by atoms with Crippen molar-refractivity contribution in [2.24, 2.45) is 82.9 Å². The first-order valence-electron chi connectivity index (χ1n) is 26.1. The van der Waals surface area contributed by atoms with Crippen LogP contribution in [0.5, 0.6) is 0 Å².